The Morgan fingerprint density at radius 2 is 2.40 bits per heavy atom. The first-order valence-corrected chi connectivity index (χ1v) is 5.27. The zero-order chi connectivity index (χ0) is 11.4. The van der Waals surface area contributed by atoms with Gasteiger partial charge in [0.2, 0.25) is 5.91 Å². The molecule has 1 unspecified atom stereocenters. The van der Waals surface area contributed by atoms with Crippen LogP contribution in [0, 0.1) is 5.92 Å². The molecular formula is C10H18N2O3. The summed E-state index contributed by atoms with van der Waals surface area (Å²) in [5.41, 5.74) is 5.38. The van der Waals surface area contributed by atoms with Crippen molar-refractivity contribution in [2.75, 3.05) is 13.1 Å². The fourth-order valence-electron chi connectivity index (χ4n) is 1.73. The fraction of sp³-hybridized carbons (Fsp3) is 0.800. The van der Waals surface area contributed by atoms with Gasteiger partial charge in [0, 0.05) is 19.5 Å². The number of carboxylic acid groups (broad SMARTS) is 1. The number of rotatable bonds is 4. The second kappa shape index (κ2) is 5.11. The SMILES string of the molecule is C[C@@H]1CCC(=O)N(CCC(N)C(=O)O)C1. The minimum absolute atomic E-state index is 0.116. The second-order valence-electron chi connectivity index (χ2n) is 4.22. The summed E-state index contributed by atoms with van der Waals surface area (Å²) in [5, 5.41) is 8.60. The Labute approximate surface area is 89.2 Å². The number of aliphatic carboxylic acids is 1. The van der Waals surface area contributed by atoms with Gasteiger partial charge in [0.25, 0.3) is 0 Å². The van der Waals surface area contributed by atoms with E-state index in [0.717, 1.165) is 13.0 Å². The molecule has 0 aromatic carbocycles. The van der Waals surface area contributed by atoms with Crippen LogP contribution in [0.3, 0.4) is 0 Å². The highest BCUT2D eigenvalue weighted by Gasteiger charge is 2.23. The van der Waals surface area contributed by atoms with Crippen molar-refractivity contribution in [2.24, 2.45) is 11.7 Å². The summed E-state index contributed by atoms with van der Waals surface area (Å²) in [6.07, 6.45) is 1.83. The highest BCUT2D eigenvalue weighted by molar-refractivity contribution is 5.77. The monoisotopic (exact) mass is 214 g/mol. The Morgan fingerprint density at radius 3 is 3.00 bits per heavy atom. The third-order valence-corrected chi connectivity index (χ3v) is 2.76. The first-order valence-electron chi connectivity index (χ1n) is 5.27. The van der Waals surface area contributed by atoms with E-state index in [2.05, 4.69) is 6.92 Å². The van der Waals surface area contributed by atoms with E-state index in [1.54, 1.807) is 4.90 Å². The zero-order valence-corrected chi connectivity index (χ0v) is 8.98. The van der Waals surface area contributed by atoms with E-state index in [0.29, 0.717) is 25.3 Å². The Hall–Kier alpha value is -1.10. The molecule has 0 saturated carbocycles. The number of carbonyl (C=O) groups excluding carboxylic acids is 1. The number of hydrogen-bond donors (Lipinski definition) is 2. The lowest BCUT2D eigenvalue weighted by atomic mass is 9.99. The van der Waals surface area contributed by atoms with E-state index in [9.17, 15) is 9.59 Å². The fourth-order valence-corrected chi connectivity index (χ4v) is 1.73. The van der Waals surface area contributed by atoms with Crippen LogP contribution in [0.5, 0.6) is 0 Å². The molecule has 1 fully saturated rings. The Morgan fingerprint density at radius 1 is 1.73 bits per heavy atom. The highest BCUT2D eigenvalue weighted by atomic mass is 16.4. The summed E-state index contributed by atoms with van der Waals surface area (Å²) >= 11 is 0. The lowest BCUT2D eigenvalue weighted by Gasteiger charge is -2.31. The molecule has 0 bridgehead atoms. The van der Waals surface area contributed by atoms with Crippen molar-refractivity contribution in [1.29, 1.82) is 0 Å². The molecule has 3 N–H and O–H groups in total. The summed E-state index contributed by atoms with van der Waals surface area (Å²) < 4.78 is 0. The van der Waals surface area contributed by atoms with Crippen LogP contribution in [0.4, 0.5) is 0 Å². The zero-order valence-electron chi connectivity index (χ0n) is 8.98. The van der Waals surface area contributed by atoms with Crippen molar-refractivity contribution in [2.45, 2.75) is 32.2 Å². The van der Waals surface area contributed by atoms with Crippen LogP contribution in [0.1, 0.15) is 26.2 Å². The van der Waals surface area contributed by atoms with Crippen LogP contribution >= 0.6 is 0 Å². The van der Waals surface area contributed by atoms with Gasteiger partial charge >= 0.3 is 5.97 Å². The second-order valence-corrected chi connectivity index (χ2v) is 4.22. The summed E-state index contributed by atoms with van der Waals surface area (Å²) in [6.45, 7) is 3.28. The van der Waals surface area contributed by atoms with E-state index in [1.807, 2.05) is 0 Å². The molecule has 86 valence electrons. The average molecular weight is 214 g/mol. The van der Waals surface area contributed by atoms with Crippen molar-refractivity contribution in [1.82, 2.24) is 4.90 Å². The maximum Gasteiger partial charge on any atom is 0.320 e. The first-order chi connectivity index (χ1) is 7.00. The van der Waals surface area contributed by atoms with E-state index < -0.39 is 12.0 Å². The third-order valence-electron chi connectivity index (χ3n) is 2.76. The number of amides is 1. The number of likely N-dealkylation sites (tertiary alicyclic amines) is 1. The van der Waals surface area contributed by atoms with Crippen molar-refractivity contribution in [3.63, 3.8) is 0 Å². The van der Waals surface area contributed by atoms with Gasteiger partial charge in [0.15, 0.2) is 0 Å². The van der Waals surface area contributed by atoms with Crippen LogP contribution in [0.25, 0.3) is 0 Å². The molecule has 0 spiro atoms. The Balaban J connectivity index is 2.36. The minimum atomic E-state index is -1.01. The van der Waals surface area contributed by atoms with E-state index >= 15 is 0 Å². The van der Waals surface area contributed by atoms with Crippen LogP contribution < -0.4 is 5.73 Å². The largest absolute Gasteiger partial charge is 0.480 e. The van der Waals surface area contributed by atoms with Crippen molar-refractivity contribution >= 4 is 11.9 Å². The van der Waals surface area contributed by atoms with Crippen LogP contribution in [-0.4, -0.2) is 41.0 Å². The molecular weight excluding hydrogens is 196 g/mol. The molecule has 15 heavy (non-hydrogen) atoms. The molecule has 1 aliphatic heterocycles. The maximum absolute atomic E-state index is 11.5. The Kier molecular flexibility index (Phi) is 4.08. The predicted molar refractivity (Wildman–Crippen MR) is 55.2 cm³/mol. The third kappa shape index (κ3) is 3.51. The predicted octanol–water partition coefficient (Wildman–Crippen LogP) is 0.0469. The van der Waals surface area contributed by atoms with Crippen LogP contribution in [0.2, 0.25) is 0 Å². The van der Waals surface area contributed by atoms with Gasteiger partial charge in [0.1, 0.15) is 6.04 Å². The van der Waals surface area contributed by atoms with Gasteiger partial charge in [-0.2, -0.15) is 0 Å². The molecule has 1 aliphatic rings. The molecule has 2 atom stereocenters. The van der Waals surface area contributed by atoms with E-state index in [1.165, 1.54) is 0 Å². The molecule has 0 aliphatic carbocycles. The Bertz CT molecular complexity index is 255. The molecule has 0 aromatic rings. The van der Waals surface area contributed by atoms with E-state index in [-0.39, 0.29) is 5.91 Å². The van der Waals surface area contributed by atoms with Gasteiger partial charge in [-0.15, -0.1) is 0 Å². The topological polar surface area (TPSA) is 83.6 Å². The molecule has 1 amide bonds. The van der Waals surface area contributed by atoms with E-state index in [4.69, 9.17) is 10.8 Å². The number of nitrogens with two attached hydrogens (primary N) is 1. The quantitative estimate of drug-likeness (QED) is 0.692. The minimum Gasteiger partial charge on any atom is -0.480 e. The molecule has 1 heterocycles. The van der Waals surface area contributed by atoms with Gasteiger partial charge in [-0.1, -0.05) is 6.92 Å². The number of nitrogens with zero attached hydrogens (tertiary/aromatic N) is 1. The number of hydrogen-bond acceptors (Lipinski definition) is 3. The van der Waals surface area contributed by atoms with Crippen molar-refractivity contribution < 1.29 is 14.7 Å². The summed E-state index contributed by atoms with van der Waals surface area (Å²) in [7, 11) is 0. The first kappa shape index (κ1) is 12.0. The van der Waals surface area contributed by atoms with Crippen molar-refractivity contribution in [3.8, 4) is 0 Å². The maximum atomic E-state index is 11.5. The summed E-state index contributed by atoms with van der Waals surface area (Å²) in [5.74, 6) is -0.387. The number of carbonyl (C=O) groups is 2. The average Bonchev–Trinajstić information content (AvgIpc) is 2.18. The van der Waals surface area contributed by atoms with Crippen molar-refractivity contribution in [3.05, 3.63) is 0 Å². The molecule has 5 heteroatoms. The highest BCUT2D eigenvalue weighted by Crippen LogP contribution is 2.16. The van der Waals surface area contributed by atoms with Gasteiger partial charge < -0.3 is 15.7 Å². The lowest BCUT2D eigenvalue weighted by molar-refractivity contribution is -0.140. The summed E-state index contributed by atoms with van der Waals surface area (Å²) in [6, 6.07) is -0.866. The number of piperidine rings is 1. The van der Waals surface area contributed by atoms with Gasteiger partial charge in [-0.05, 0) is 18.8 Å². The smallest absolute Gasteiger partial charge is 0.320 e. The number of carboxylic acids is 1. The van der Waals surface area contributed by atoms with Crippen LogP contribution in [0.15, 0.2) is 0 Å². The summed E-state index contributed by atoms with van der Waals surface area (Å²) in [4.78, 5) is 23.7. The molecule has 1 rings (SSSR count). The van der Waals surface area contributed by atoms with Gasteiger partial charge in [0.05, 0.1) is 0 Å². The lowest BCUT2D eigenvalue weighted by Crippen LogP contribution is -2.42. The molecule has 0 aromatic heterocycles. The van der Waals surface area contributed by atoms with Gasteiger partial charge in [-0.3, -0.25) is 9.59 Å². The molecule has 0 radical (unpaired) electrons. The van der Waals surface area contributed by atoms with Gasteiger partial charge in [-0.25, -0.2) is 0 Å². The standard InChI is InChI=1S/C10H18N2O3/c1-7-2-3-9(13)12(6-7)5-4-8(11)10(14)15/h7-8H,2-6,11H2,1H3,(H,14,15)/t7-,8?/m1/s1. The molecule has 1 saturated heterocycles. The molecule has 5 nitrogen and oxygen atoms in total. The van der Waals surface area contributed by atoms with Crippen LogP contribution in [-0.2, 0) is 9.59 Å². The normalized spacial score (nSPS) is 24.0.